The van der Waals surface area contributed by atoms with Gasteiger partial charge in [0.1, 0.15) is 11.9 Å². The van der Waals surface area contributed by atoms with Crippen LogP contribution in [0.3, 0.4) is 0 Å². The molecule has 16 heavy (non-hydrogen) atoms. The molecule has 1 aliphatic carbocycles. The molecule has 3 rings (SSSR count). The predicted octanol–water partition coefficient (Wildman–Crippen LogP) is 1.88. The van der Waals surface area contributed by atoms with Crippen LogP contribution in [0.2, 0.25) is 0 Å². The highest BCUT2D eigenvalue weighted by molar-refractivity contribution is 5.68. The molecule has 0 radical (unpaired) electrons. The molecule has 0 fully saturated rings. The molecule has 0 saturated heterocycles. The molecular formula is C15H14O. The third-order valence-corrected chi connectivity index (χ3v) is 3.11. The summed E-state index contributed by atoms with van der Waals surface area (Å²) in [5, 5.41) is 2.56. The Morgan fingerprint density at radius 2 is 1.94 bits per heavy atom. The van der Waals surface area contributed by atoms with Crippen molar-refractivity contribution < 1.29 is 4.74 Å². The topological polar surface area (TPSA) is 9.23 Å². The van der Waals surface area contributed by atoms with Gasteiger partial charge in [-0.15, -0.1) is 0 Å². The van der Waals surface area contributed by atoms with E-state index in [1.54, 1.807) is 0 Å². The van der Waals surface area contributed by atoms with Gasteiger partial charge in [-0.25, -0.2) is 0 Å². The molecule has 1 aliphatic heterocycles. The second-order valence-corrected chi connectivity index (χ2v) is 4.06. The van der Waals surface area contributed by atoms with Crippen molar-refractivity contribution in [2.24, 2.45) is 0 Å². The van der Waals surface area contributed by atoms with E-state index in [9.17, 15) is 0 Å². The summed E-state index contributed by atoms with van der Waals surface area (Å²) < 4.78 is 6.01. The maximum Gasteiger partial charge on any atom is 0.142 e. The molecular weight excluding hydrogens is 196 g/mol. The Bertz CT molecular complexity index is 590. The van der Waals surface area contributed by atoms with Gasteiger partial charge in [0.25, 0.3) is 0 Å². The zero-order chi connectivity index (χ0) is 11.0. The van der Waals surface area contributed by atoms with E-state index in [1.165, 1.54) is 16.0 Å². The third kappa shape index (κ3) is 1.32. The second kappa shape index (κ2) is 3.67. The van der Waals surface area contributed by atoms with Gasteiger partial charge in [0.05, 0.1) is 0 Å². The van der Waals surface area contributed by atoms with E-state index in [4.69, 9.17) is 4.74 Å². The van der Waals surface area contributed by atoms with Gasteiger partial charge in [0, 0.05) is 17.2 Å². The quantitative estimate of drug-likeness (QED) is 0.687. The largest absolute Gasteiger partial charge is 0.485 e. The highest BCUT2D eigenvalue weighted by Gasteiger charge is 2.19. The van der Waals surface area contributed by atoms with Crippen LogP contribution in [0.5, 0.6) is 0 Å². The zero-order valence-corrected chi connectivity index (χ0v) is 9.31. The lowest BCUT2D eigenvalue weighted by Crippen LogP contribution is -2.38. The Morgan fingerprint density at radius 3 is 2.75 bits per heavy atom. The molecule has 0 N–H and O–H groups in total. The number of ether oxygens (including phenoxy) is 1. The summed E-state index contributed by atoms with van der Waals surface area (Å²) in [6, 6.07) is 8.48. The van der Waals surface area contributed by atoms with Crippen LogP contribution in [0.25, 0.3) is 11.3 Å². The molecule has 0 aromatic heterocycles. The summed E-state index contributed by atoms with van der Waals surface area (Å²) in [7, 11) is 0. The summed E-state index contributed by atoms with van der Waals surface area (Å²) in [5.41, 5.74) is 1.27. The maximum atomic E-state index is 6.01. The lowest BCUT2D eigenvalue weighted by atomic mass is 9.97. The Morgan fingerprint density at radius 1 is 1.12 bits per heavy atom. The molecule has 1 unspecified atom stereocenters. The van der Waals surface area contributed by atoms with E-state index in [-0.39, 0.29) is 6.10 Å². The van der Waals surface area contributed by atoms with Crippen LogP contribution in [0.15, 0.2) is 48.6 Å². The third-order valence-electron chi connectivity index (χ3n) is 3.11. The lowest BCUT2D eigenvalue weighted by Gasteiger charge is -2.24. The van der Waals surface area contributed by atoms with E-state index in [0.29, 0.717) is 0 Å². The zero-order valence-electron chi connectivity index (χ0n) is 9.31. The molecule has 1 aromatic carbocycles. The van der Waals surface area contributed by atoms with Crippen LogP contribution in [-0.4, -0.2) is 6.10 Å². The van der Waals surface area contributed by atoms with E-state index in [2.05, 4.69) is 55.5 Å². The van der Waals surface area contributed by atoms with E-state index in [1.807, 2.05) is 0 Å². The molecule has 80 valence electrons. The van der Waals surface area contributed by atoms with Gasteiger partial charge >= 0.3 is 0 Å². The fourth-order valence-electron chi connectivity index (χ4n) is 2.34. The summed E-state index contributed by atoms with van der Waals surface area (Å²) in [5.74, 6) is 1.10. The predicted molar refractivity (Wildman–Crippen MR) is 66.0 cm³/mol. The van der Waals surface area contributed by atoms with Crippen LogP contribution in [0.4, 0.5) is 0 Å². The molecule has 0 bridgehead atoms. The van der Waals surface area contributed by atoms with Crippen molar-refractivity contribution in [3.8, 4) is 0 Å². The standard InChI is InChI=1S/C15H14O/c1-2-14-12-8-4-3-7-11(12)13-9-5-6-10-15(13)16-14/h3-10,15H,2H2,1H3. The van der Waals surface area contributed by atoms with Gasteiger partial charge in [-0.3, -0.25) is 0 Å². The summed E-state index contributed by atoms with van der Waals surface area (Å²) in [6.07, 6.45) is 9.43. The van der Waals surface area contributed by atoms with Crippen molar-refractivity contribution in [1.82, 2.24) is 0 Å². The van der Waals surface area contributed by atoms with Gasteiger partial charge in [-0.1, -0.05) is 49.4 Å². The molecule has 1 aromatic rings. The molecule has 1 atom stereocenters. The number of allylic oxidation sites excluding steroid dienone is 2. The Labute approximate surface area is 95.1 Å². The fourth-order valence-corrected chi connectivity index (χ4v) is 2.34. The SMILES string of the molecule is CCC1=c2ccccc2=C2C=CC=CC2O1. The molecule has 1 heteroatoms. The monoisotopic (exact) mass is 210 g/mol. The molecule has 0 spiro atoms. The molecule has 1 heterocycles. The molecule has 1 nitrogen and oxygen atoms in total. The number of benzene rings is 1. The number of hydrogen-bond acceptors (Lipinski definition) is 1. The molecule has 0 amide bonds. The molecule has 2 aliphatic rings. The average Bonchev–Trinajstić information content (AvgIpc) is 2.38. The van der Waals surface area contributed by atoms with Crippen molar-refractivity contribution in [3.05, 3.63) is 59.0 Å². The summed E-state index contributed by atoms with van der Waals surface area (Å²) in [6.45, 7) is 2.14. The normalized spacial score (nSPS) is 21.4. The van der Waals surface area contributed by atoms with Gasteiger partial charge < -0.3 is 4.74 Å². The van der Waals surface area contributed by atoms with Crippen molar-refractivity contribution in [2.75, 3.05) is 0 Å². The van der Waals surface area contributed by atoms with Crippen LogP contribution in [0, 0.1) is 0 Å². The summed E-state index contributed by atoms with van der Waals surface area (Å²) in [4.78, 5) is 0. The van der Waals surface area contributed by atoms with Crippen LogP contribution in [-0.2, 0) is 4.74 Å². The van der Waals surface area contributed by atoms with Gasteiger partial charge in [0.2, 0.25) is 0 Å². The summed E-state index contributed by atoms with van der Waals surface area (Å²) >= 11 is 0. The number of fused-ring (bicyclic) bond motifs is 2. The van der Waals surface area contributed by atoms with E-state index >= 15 is 0 Å². The molecule has 0 saturated carbocycles. The van der Waals surface area contributed by atoms with Crippen molar-refractivity contribution in [1.29, 1.82) is 0 Å². The van der Waals surface area contributed by atoms with Crippen molar-refractivity contribution in [3.63, 3.8) is 0 Å². The minimum absolute atomic E-state index is 0.106. The van der Waals surface area contributed by atoms with Crippen molar-refractivity contribution in [2.45, 2.75) is 19.4 Å². The lowest BCUT2D eigenvalue weighted by molar-refractivity contribution is 0.245. The fraction of sp³-hybridized carbons (Fsp3) is 0.200. The van der Waals surface area contributed by atoms with Gasteiger partial charge in [0.15, 0.2) is 0 Å². The van der Waals surface area contributed by atoms with Crippen LogP contribution < -0.4 is 10.4 Å². The maximum absolute atomic E-state index is 6.01. The highest BCUT2D eigenvalue weighted by Crippen LogP contribution is 2.21. The Hall–Kier alpha value is -1.76. The van der Waals surface area contributed by atoms with Crippen LogP contribution >= 0.6 is 0 Å². The van der Waals surface area contributed by atoms with Gasteiger partial charge in [-0.2, -0.15) is 0 Å². The first-order valence-corrected chi connectivity index (χ1v) is 5.74. The second-order valence-electron chi connectivity index (χ2n) is 4.06. The highest BCUT2D eigenvalue weighted by atomic mass is 16.5. The smallest absolute Gasteiger partial charge is 0.142 e. The average molecular weight is 210 g/mol. The van der Waals surface area contributed by atoms with Crippen molar-refractivity contribution >= 4 is 11.3 Å². The first-order chi connectivity index (χ1) is 7.90. The van der Waals surface area contributed by atoms with Crippen LogP contribution in [0.1, 0.15) is 13.3 Å². The number of rotatable bonds is 1. The van der Waals surface area contributed by atoms with Gasteiger partial charge in [-0.05, 0) is 11.3 Å². The minimum Gasteiger partial charge on any atom is -0.485 e. The Balaban J connectivity index is 2.41. The van der Waals surface area contributed by atoms with E-state index in [0.717, 1.165) is 12.2 Å². The first-order valence-electron chi connectivity index (χ1n) is 5.74. The minimum atomic E-state index is 0.106. The first kappa shape index (κ1) is 9.46. The Kier molecular flexibility index (Phi) is 2.17. The van der Waals surface area contributed by atoms with E-state index < -0.39 is 0 Å². The number of hydrogen-bond donors (Lipinski definition) is 0.